The molecule has 0 aromatic heterocycles. The third-order valence-corrected chi connectivity index (χ3v) is 4.85. The van der Waals surface area contributed by atoms with Crippen LogP contribution < -0.4 is 11.5 Å². The summed E-state index contributed by atoms with van der Waals surface area (Å²) < 4.78 is 0. The van der Waals surface area contributed by atoms with Crippen molar-refractivity contribution in [1.82, 2.24) is 4.90 Å². The zero-order chi connectivity index (χ0) is 14.8. The van der Waals surface area contributed by atoms with Crippen LogP contribution >= 0.6 is 0 Å². The Bertz CT molecular complexity index is 224. The van der Waals surface area contributed by atoms with Gasteiger partial charge in [0, 0.05) is 12.1 Å². The molecule has 20 heavy (non-hydrogen) atoms. The van der Waals surface area contributed by atoms with Gasteiger partial charge in [-0.1, -0.05) is 39.5 Å². The molecular weight excluding hydrogens is 246 g/mol. The molecule has 0 bridgehead atoms. The maximum Gasteiger partial charge on any atom is 0.00631 e. The minimum atomic E-state index is 0.424. The summed E-state index contributed by atoms with van der Waals surface area (Å²) in [4.78, 5) is 2.59. The number of nitrogens with zero attached hydrogens (tertiary/aromatic N) is 1. The fourth-order valence-corrected chi connectivity index (χ4v) is 3.08. The molecule has 3 heteroatoms. The summed E-state index contributed by atoms with van der Waals surface area (Å²) in [5.41, 5.74) is 11.9. The summed E-state index contributed by atoms with van der Waals surface area (Å²) in [6, 6.07) is 0.883. The number of likely N-dealkylation sites (tertiary alicyclic amines) is 1. The van der Waals surface area contributed by atoms with Crippen molar-refractivity contribution in [2.45, 2.75) is 83.7 Å². The highest BCUT2D eigenvalue weighted by Gasteiger charge is 2.15. The molecule has 0 spiro atoms. The van der Waals surface area contributed by atoms with Crippen molar-refractivity contribution in [3.05, 3.63) is 0 Å². The normalized spacial score (nSPS) is 21.0. The highest BCUT2D eigenvalue weighted by Crippen LogP contribution is 2.17. The molecule has 4 N–H and O–H groups in total. The molecule has 1 aliphatic heterocycles. The van der Waals surface area contributed by atoms with Gasteiger partial charge < -0.3 is 16.4 Å². The minimum Gasteiger partial charge on any atom is -0.328 e. The lowest BCUT2D eigenvalue weighted by Crippen LogP contribution is -2.40. The second kappa shape index (κ2) is 10.6. The number of unbranched alkanes of at least 4 members (excludes halogenated alkanes) is 1. The van der Waals surface area contributed by atoms with Crippen LogP contribution in [0.3, 0.4) is 0 Å². The zero-order valence-electron chi connectivity index (χ0n) is 13.8. The van der Waals surface area contributed by atoms with E-state index in [9.17, 15) is 0 Å². The van der Waals surface area contributed by atoms with Crippen LogP contribution in [0.1, 0.15) is 71.6 Å². The first kappa shape index (κ1) is 17.9. The lowest BCUT2D eigenvalue weighted by molar-refractivity contribution is 0.208. The summed E-state index contributed by atoms with van der Waals surface area (Å²) in [6.07, 6.45) is 11.5. The molecule has 0 radical (unpaired) electrons. The van der Waals surface area contributed by atoms with E-state index in [0.717, 1.165) is 12.3 Å². The van der Waals surface area contributed by atoms with E-state index in [-0.39, 0.29) is 0 Å². The van der Waals surface area contributed by atoms with Crippen LogP contribution in [0.5, 0.6) is 0 Å². The van der Waals surface area contributed by atoms with E-state index < -0.39 is 0 Å². The molecule has 120 valence electrons. The highest BCUT2D eigenvalue weighted by atomic mass is 15.1. The van der Waals surface area contributed by atoms with Gasteiger partial charge >= 0.3 is 0 Å². The van der Waals surface area contributed by atoms with Crippen molar-refractivity contribution in [2.24, 2.45) is 17.4 Å². The van der Waals surface area contributed by atoms with Crippen molar-refractivity contribution in [1.29, 1.82) is 0 Å². The molecule has 1 fully saturated rings. The van der Waals surface area contributed by atoms with E-state index in [2.05, 4.69) is 18.7 Å². The average Bonchev–Trinajstić information content (AvgIpc) is 2.45. The first-order valence-corrected chi connectivity index (χ1v) is 8.85. The van der Waals surface area contributed by atoms with Crippen molar-refractivity contribution in [2.75, 3.05) is 19.6 Å². The molecule has 1 saturated heterocycles. The van der Waals surface area contributed by atoms with Crippen LogP contribution in [0, 0.1) is 5.92 Å². The standard InChI is InChI=1S/C17H37N3/c1-3-16(18)9-6-8-15(2)7-4-5-12-20-13-10-17(19)11-14-20/h15-17H,3-14,18-19H2,1-2H3/t15?,16-/m1/s1. The Balaban J connectivity index is 1.92. The van der Waals surface area contributed by atoms with Gasteiger partial charge in [-0.15, -0.1) is 0 Å². The Labute approximate surface area is 126 Å². The third kappa shape index (κ3) is 8.23. The average molecular weight is 284 g/mol. The predicted octanol–water partition coefficient (Wildman–Crippen LogP) is 3.12. The second-order valence-corrected chi connectivity index (χ2v) is 6.88. The van der Waals surface area contributed by atoms with E-state index in [4.69, 9.17) is 11.5 Å². The van der Waals surface area contributed by atoms with Crippen molar-refractivity contribution < 1.29 is 0 Å². The molecule has 1 heterocycles. The molecule has 0 aromatic rings. The van der Waals surface area contributed by atoms with Gasteiger partial charge in [0.15, 0.2) is 0 Å². The number of nitrogens with two attached hydrogens (primary N) is 2. The van der Waals surface area contributed by atoms with Gasteiger partial charge in [-0.3, -0.25) is 0 Å². The van der Waals surface area contributed by atoms with Crippen molar-refractivity contribution >= 4 is 0 Å². The van der Waals surface area contributed by atoms with Crippen LogP contribution in [-0.2, 0) is 0 Å². The largest absolute Gasteiger partial charge is 0.328 e. The summed E-state index contributed by atoms with van der Waals surface area (Å²) in [7, 11) is 0. The number of hydrogen-bond acceptors (Lipinski definition) is 3. The minimum absolute atomic E-state index is 0.424. The molecule has 0 saturated carbocycles. The summed E-state index contributed by atoms with van der Waals surface area (Å²) in [5.74, 6) is 0.869. The summed E-state index contributed by atoms with van der Waals surface area (Å²) in [5, 5.41) is 0. The number of rotatable bonds is 10. The lowest BCUT2D eigenvalue weighted by atomic mass is 9.96. The monoisotopic (exact) mass is 283 g/mol. The molecule has 1 unspecified atom stereocenters. The first-order chi connectivity index (χ1) is 9.61. The maximum absolute atomic E-state index is 5.96. The second-order valence-electron chi connectivity index (χ2n) is 6.88. The van der Waals surface area contributed by atoms with Gasteiger partial charge in [0.25, 0.3) is 0 Å². The summed E-state index contributed by atoms with van der Waals surface area (Å²) >= 11 is 0. The van der Waals surface area contributed by atoms with Gasteiger partial charge in [0.1, 0.15) is 0 Å². The van der Waals surface area contributed by atoms with Crippen LogP contribution in [-0.4, -0.2) is 36.6 Å². The van der Waals surface area contributed by atoms with Gasteiger partial charge in [0.2, 0.25) is 0 Å². The van der Waals surface area contributed by atoms with Crippen LogP contribution in [0.2, 0.25) is 0 Å². The Kier molecular flexibility index (Phi) is 9.49. The molecule has 3 nitrogen and oxygen atoms in total. The Morgan fingerprint density at radius 2 is 1.70 bits per heavy atom. The Morgan fingerprint density at radius 1 is 1.05 bits per heavy atom. The zero-order valence-corrected chi connectivity index (χ0v) is 13.8. The molecule has 0 amide bonds. The van der Waals surface area contributed by atoms with E-state index in [1.54, 1.807) is 0 Å². The molecule has 2 atom stereocenters. The van der Waals surface area contributed by atoms with E-state index >= 15 is 0 Å². The smallest absolute Gasteiger partial charge is 0.00631 e. The fraction of sp³-hybridized carbons (Fsp3) is 1.00. The van der Waals surface area contributed by atoms with Crippen molar-refractivity contribution in [3.8, 4) is 0 Å². The van der Waals surface area contributed by atoms with Crippen LogP contribution in [0.15, 0.2) is 0 Å². The maximum atomic E-state index is 5.96. The lowest BCUT2D eigenvalue weighted by Gasteiger charge is -2.30. The summed E-state index contributed by atoms with van der Waals surface area (Å²) in [6.45, 7) is 8.29. The molecule has 1 rings (SSSR count). The van der Waals surface area contributed by atoms with Crippen molar-refractivity contribution in [3.63, 3.8) is 0 Å². The molecule has 1 aliphatic rings. The quantitative estimate of drug-likeness (QED) is 0.606. The molecular formula is C17H37N3. The van der Waals surface area contributed by atoms with Gasteiger partial charge in [0.05, 0.1) is 0 Å². The fourth-order valence-electron chi connectivity index (χ4n) is 3.08. The predicted molar refractivity (Wildman–Crippen MR) is 88.8 cm³/mol. The van der Waals surface area contributed by atoms with Crippen LogP contribution in [0.25, 0.3) is 0 Å². The highest BCUT2D eigenvalue weighted by molar-refractivity contribution is 4.73. The van der Waals surface area contributed by atoms with E-state index in [0.29, 0.717) is 12.1 Å². The van der Waals surface area contributed by atoms with Gasteiger partial charge in [-0.25, -0.2) is 0 Å². The Hall–Kier alpha value is -0.120. The number of piperidine rings is 1. The van der Waals surface area contributed by atoms with E-state index in [1.807, 2.05) is 0 Å². The Morgan fingerprint density at radius 3 is 2.35 bits per heavy atom. The SMILES string of the molecule is CC[C@@H](N)CCCC(C)CCCCN1CCC(N)CC1. The first-order valence-electron chi connectivity index (χ1n) is 8.85. The van der Waals surface area contributed by atoms with Gasteiger partial charge in [-0.2, -0.15) is 0 Å². The van der Waals surface area contributed by atoms with Gasteiger partial charge in [-0.05, 0) is 57.7 Å². The number of hydrogen-bond donors (Lipinski definition) is 2. The third-order valence-electron chi connectivity index (χ3n) is 4.85. The molecule has 0 aromatic carbocycles. The van der Waals surface area contributed by atoms with Crippen LogP contribution in [0.4, 0.5) is 0 Å². The van der Waals surface area contributed by atoms with E-state index in [1.165, 1.54) is 71.0 Å². The molecule has 0 aliphatic carbocycles. The topological polar surface area (TPSA) is 55.3 Å².